The molecule has 3 aromatic heterocycles. The Kier molecular flexibility index (Phi) is 4.10. The molecule has 5 rings (SSSR count). The van der Waals surface area contributed by atoms with Crippen molar-refractivity contribution in [2.24, 2.45) is 11.3 Å². The third-order valence-corrected chi connectivity index (χ3v) is 7.09. The van der Waals surface area contributed by atoms with E-state index in [0.717, 1.165) is 33.4 Å². The van der Waals surface area contributed by atoms with Crippen LogP contribution in [0.5, 0.6) is 0 Å². The Morgan fingerprint density at radius 3 is 2.73 bits per heavy atom. The molecule has 2 atom stereocenters. The maximum Gasteiger partial charge on any atom is 0.195 e. The van der Waals surface area contributed by atoms with Crippen molar-refractivity contribution in [2.45, 2.75) is 59.4 Å². The fourth-order valence-corrected chi connectivity index (χ4v) is 6.00. The highest BCUT2D eigenvalue weighted by molar-refractivity contribution is 7.15. The average molecular weight is 444 g/mol. The first-order valence-electron chi connectivity index (χ1n) is 10.2. The Balaban J connectivity index is 1.85. The van der Waals surface area contributed by atoms with E-state index in [2.05, 4.69) is 51.0 Å². The number of hydrogen-bond acceptors (Lipinski definition) is 5. The van der Waals surface area contributed by atoms with E-state index in [4.69, 9.17) is 16.7 Å². The first-order valence-corrected chi connectivity index (χ1v) is 11.5. The summed E-state index contributed by atoms with van der Waals surface area (Å²) in [6.07, 6.45) is 4.70. The summed E-state index contributed by atoms with van der Waals surface area (Å²) in [5, 5.41) is 10.9. The summed E-state index contributed by atoms with van der Waals surface area (Å²) < 4.78 is 4.07. The van der Waals surface area contributed by atoms with Crippen molar-refractivity contribution in [3.05, 3.63) is 45.5 Å². The predicted octanol–water partition coefficient (Wildman–Crippen LogP) is 5.37. The summed E-state index contributed by atoms with van der Waals surface area (Å²) in [7, 11) is 0. The first-order chi connectivity index (χ1) is 14.0. The Morgan fingerprint density at radius 2 is 2.03 bits per heavy atom. The SMILES string of the molecule is Cc1nn(C(C)(C)C)c2c1[C@H](c1c(Cl)nc3sccn13)[C@H]1C(=O)CC(C)(C)C=C1N2. The van der Waals surface area contributed by atoms with Crippen molar-refractivity contribution < 1.29 is 4.79 Å². The normalized spacial score (nSPS) is 23.2. The fraction of sp³-hybridized carbons (Fsp3) is 0.500. The van der Waals surface area contributed by atoms with E-state index in [-0.39, 0.29) is 28.6 Å². The fourth-order valence-electron chi connectivity index (χ4n) is 4.94. The zero-order valence-corrected chi connectivity index (χ0v) is 19.6. The molecule has 0 amide bonds. The molecule has 30 heavy (non-hydrogen) atoms. The van der Waals surface area contributed by atoms with Crippen LogP contribution in [0.1, 0.15) is 63.9 Å². The van der Waals surface area contributed by atoms with Gasteiger partial charge in [0.1, 0.15) is 11.6 Å². The molecule has 0 fully saturated rings. The summed E-state index contributed by atoms with van der Waals surface area (Å²) in [4.78, 5) is 18.9. The van der Waals surface area contributed by atoms with Crippen LogP contribution in [0.2, 0.25) is 5.15 Å². The number of fused-ring (bicyclic) bond motifs is 3. The van der Waals surface area contributed by atoms with Crippen LogP contribution in [0.3, 0.4) is 0 Å². The summed E-state index contributed by atoms with van der Waals surface area (Å²) in [5.74, 6) is 0.618. The van der Waals surface area contributed by atoms with Gasteiger partial charge < -0.3 is 5.32 Å². The van der Waals surface area contributed by atoms with Crippen LogP contribution in [-0.4, -0.2) is 24.9 Å². The molecule has 1 aliphatic heterocycles. The molecule has 2 aliphatic rings. The Morgan fingerprint density at radius 1 is 1.30 bits per heavy atom. The van der Waals surface area contributed by atoms with Crippen molar-refractivity contribution in [3.63, 3.8) is 0 Å². The van der Waals surface area contributed by atoms with Crippen LogP contribution in [-0.2, 0) is 10.3 Å². The lowest BCUT2D eigenvalue weighted by molar-refractivity contribution is -0.124. The van der Waals surface area contributed by atoms with E-state index >= 15 is 0 Å². The monoisotopic (exact) mass is 443 g/mol. The summed E-state index contributed by atoms with van der Waals surface area (Å²) >= 11 is 8.23. The quantitative estimate of drug-likeness (QED) is 0.549. The van der Waals surface area contributed by atoms with E-state index in [1.165, 1.54) is 0 Å². The molecule has 1 aliphatic carbocycles. The number of Topliss-reactive ketones (excluding diaryl/α,β-unsaturated/α-hetero) is 1. The molecule has 8 heteroatoms. The molecule has 0 unspecified atom stereocenters. The van der Waals surface area contributed by atoms with E-state index in [0.29, 0.717) is 11.6 Å². The second-order valence-electron chi connectivity index (χ2n) is 10.1. The van der Waals surface area contributed by atoms with Crippen LogP contribution in [0, 0.1) is 18.3 Å². The molecule has 158 valence electrons. The number of anilines is 1. The Bertz CT molecular complexity index is 1220. The number of ketones is 1. The van der Waals surface area contributed by atoms with Gasteiger partial charge in [0, 0.05) is 35.2 Å². The molecule has 0 saturated heterocycles. The van der Waals surface area contributed by atoms with Crippen molar-refractivity contribution in [2.75, 3.05) is 5.32 Å². The topological polar surface area (TPSA) is 64.2 Å². The lowest BCUT2D eigenvalue weighted by Gasteiger charge is -2.41. The van der Waals surface area contributed by atoms with Crippen molar-refractivity contribution in [1.29, 1.82) is 0 Å². The highest BCUT2D eigenvalue weighted by Crippen LogP contribution is 2.52. The van der Waals surface area contributed by atoms with Crippen molar-refractivity contribution in [1.82, 2.24) is 19.2 Å². The van der Waals surface area contributed by atoms with E-state index in [1.807, 2.05) is 27.6 Å². The number of hydrogen-bond donors (Lipinski definition) is 1. The molecule has 0 aromatic carbocycles. The number of carbonyl (C=O) groups is 1. The number of carbonyl (C=O) groups excluding carboxylic acids is 1. The first kappa shape index (κ1) is 19.8. The maximum absolute atomic E-state index is 13.5. The number of thiazole rings is 1. The van der Waals surface area contributed by atoms with Crippen LogP contribution in [0.25, 0.3) is 4.96 Å². The third kappa shape index (κ3) is 2.78. The lowest BCUT2D eigenvalue weighted by Crippen LogP contribution is -2.40. The molecular formula is C22H26ClN5OS. The smallest absolute Gasteiger partial charge is 0.195 e. The lowest BCUT2D eigenvalue weighted by atomic mass is 9.68. The summed E-state index contributed by atoms with van der Waals surface area (Å²) in [6, 6.07) is 0. The zero-order chi connectivity index (χ0) is 21.6. The van der Waals surface area contributed by atoms with Crippen LogP contribution >= 0.6 is 22.9 Å². The molecular weight excluding hydrogens is 418 g/mol. The number of allylic oxidation sites excluding steroid dienone is 2. The number of aromatic nitrogens is 4. The number of rotatable bonds is 1. The van der Waals surface area contributed by atoms with Gasteiger partial charge in [-0.3, -0.25) is 9.20 Å². The molecule has 0 bridgehead atoms. The van der Waals surface area contributed by atoms with Gasteiger partial charge in [-0.25, -0.2) is 9.67 Å². The van der Waals surface area contributed by atoms with Gasteiger partial charge in [0.05, 0.1) is 22.8 Å². The number of aryl methyl sites for hydroxylation is 1. The van der Waals surface area contributed by atoms with Crippen molar-refractivity contribution >= 4 is 39.5 Å². The Labute approximate surface area is 184 Å². The molecule has 3 aromatic rings. The standard InChI is InChI=1S/C22H26ClN5OS/c1-11-14-16(17-18(23)25-20-27(17)7-8-30-20)15-12(9-22(5,6)10-13(15)29)24-19(14)28(26-11)21(2,3)4/h7-9,15-16,24H,10H2,1-6H3/t15-,16+/m1/s1. The number of halogens is 1. The molecule has 0 spiro atoms. The molecule has 0 saturated carbocycles. The minimum absolute atomic E-state index is 0.196. The molecule has 1 N–H and O–H groups in total. The number of imidazole rings is 1. The number of nitrogens with one attached hydrogen (secondary N) is 1. The number of nitrogens with zero attached hydrogens (tertiary/aromatic N) is 4. The van der Waals surface area contributed by atoms with Gasteiger partial charge in [-0.15, -0.1) is 11.3 Å². The largest absolute Gasteiger partial charge is 0.343 e. The van der Waals surface area contributed by atoms with Gasteiger partial charge in [-0.2, -0.15) is 5.10 Å². The molecule has 4 heterocycles. The van der Waals surface area contributed by atoms with Gasteiger partial charge in [0.15, 0.2) is 10.1 Å². The van der Waals surface area contributed by atoms with Gasteiger partial charge >= 0.3 is 0 Å². The summed E-state index contributed by atoms with van der Waals surface area (Å²) in [5.41, 5.74) is 3.36. The van der Waals surface area contributed by atoms with Gasteiger partial charge in [-0.1, -0.05) is 31.5 Å². The van der Waals surface area contributed by atoms with E-state index < -0.39 is 0 Å². The van der Waals surface area contributed by atoms with Crippen LogP contribution in [0.15, 0.2) is 23.3 Å². The van der Waals surface area contributed by atoms with Gasteiger partial charge in [-0.05, 0) is 33.1 Å². The highest BCUT2D eigenvalue weighted by Gasteiger charge is 2.48. The highest BCUT2D eigenvalue weighted by atomic mass is 35.5. The second kappa shape index (κ2) is 6.20. The Hall–Kier alpha value is -2.12. The maximum atomic E-state index is 13.5. The van der Waals surface area contributed by atoms with Crippen LogP contribution in [0.4, 0.5) is 5.82 Å². The minimum Gasteiger partial charge on any atom is -0.343 e. The van der Waals surface area contributed by atoms with Crippen LogP contribution < -0.4 is 5.32 Å². The van der Waals surface area contributed by atoms with E-state index in [1.54, 1.807) is 11.3 Å². The van der Waals surface area contributed by atoms with Crippen molar-refractivity contribution in [3.8, 4) is 0 Å². The summed E-state index contributed by atoms with van der Waals surface area (Å²) in [6.45, 7) is 12.6. The predicted molar refractivity (Wildman–Crippen MR) is 120 cm³/mol. The van der Waals surface area contributed by atoms with E-state index in [9.17, 15) is 4.79 Å². The average Bonchev–Trinajstić information content (AvgIpc) is 3.25. The third-order valence-electron chi connectivity index (χ3n) is 6.06. The molecule has 6 nitrogen and oxygen atoms in total. The minimum atomic E-state index is -0.320. The molecule has 0 radical (unpaired) electrons. The zero-order valence-electron chi connectivity index (χ0n) is 18.1. The van der Waals surface area contributed by atoms with Gasteiger partial charge in [0.2, 0.25) is 0 Å². The van der Waals surface area contributed by atoms with Gasteiger partial charge in [0.25, 0.3) is 0 Å². The second-order valence-corrected chi connectivity index (χ2v) is 11.3.